The van der Waals surface area contributed by atoms with E-state index in [-0.39, 0.29) is 24.3 Å². The smallest absolute Gasteiger partial charge is 0.219 e. The molecule has 1 amide bonds. The standard InChI is InChI=1S/C39H49N5O3/c1-7-26-23(4)31-18-29-21(2)22(3)30(41-29)19-32-24(5)27(13-12-14-36(47)40-15-10-8-9-11-16-45)38(43-32)28-17-35(46)37-25(6)33(44-39(28)37)20-34(26)42-31/h18-20,24,27,43,45-46H,7-17H2,1-6H3,(H,40,47). The number of allylic oxidation sites excluding steroid dienone is 12. The Bertz CT molecular complexity index is 1750. The number of aliphatic hydroxyl groups is 2. The minimum Gasteiger partial charge on any atom is -0.511 e. The van der Waals surface area contributed by atoms with Gasteiger partial charge in [0.15, 0.2) is 0 Å². The molecule has 2 atom stereocenters. The summed E-state index contributed by atoms with van der Waals surface area (Å²) in [6.07, 6.45) is 13.5. The molecule has 8 bridgehead atoms. The third kappa shape index (κ3) is 6.20. The number of amides is 1. The zero-order chi connectivity index (χ0) is 33.4. The minimum atomic E-state index is 0.0885. The summed E-state index contributed by atoms with van der Waals surface area (Å²) in [6.45, 7) is 13.8. The maximum atomic E-state index is 12.7. The fourth-order valence-electron chi connectivity index (χ4n) is 7.62. The van der Waals surface area contributed by atoms with E-state index in [1.54, 1.807) is 0 Å². The highest BCUT2D eigenvalue weighted by Gasteiger charge is 2.41. The molecule has 8 heteroatoms. The van der Waals surface area contributed by atoms with Gasteiger partial charge < -0.3 is 20.8 Å². The van der Waals surface area contributed by atoms with E-state index >= 15 is 0 Å². The third-order valence-electron chi connectivity index (χ3n) is 10.7. The van der Waals surface area contributed by atoms with Gasteiger partial charge in [-0.25, -0.2) is 15.0 Å². The maximum absolute atomic E-state index is 12.7. The highest BCUT2D eigenvalue weighted by Crippen LogP contribution is 2.46. The van der Waals surface area contributed by atoms with Gasteiger partial charge in [0.2, 0.25) is 5.91 Å². The van der Waals surface area contributed by atoms with E-state index in [0.717, 1.165) is 118 Å². The Labute approximate surface area is 279 Å². The molecule has 6 rings (SSSR count). The summed E-state index contributed by atoms with van der Waals surface area (Å²) in [5.41, 5.74) is 15.2. The Hall–Kier alpha value is -4.04. The molecule has 0 aromatic carbocycles. The second kappa shape index (κ2) is 13.6. The second-order valence-corrected chi connectivity index (χ2v) is 13.6. The van der Waals surface area contributed by atoms with E-state index in [9.17, 15) is 9.90 Å². The lowest BCUT2D eigenvalue weighted by atomic mass is 9.85. The molecule has 1 aliphatic carbocycles. The molecule has 1 fully saturated rings. The van der Waals surface area contributed by atoms with Crippen molar-refractivity contribution in [3.63, 3.8) is 0 Å². The van der Waals surface area contributed by atoms with Crippen LogP contribution in [-0.4, -0.2) is 46.4 Å². The number of hydrogen-bond donors (Lipinski definition) is 4. The van der Waals surface area contributed by atoms with Crippen molar-refractivity contribution in [2.45, 2.75) is 99.3 Å². The highest BCUT2D eigenvalue weighted by atomic mass is 16.3. The number of rotatable bonds is 11. The lowest BCUT2D eigenvalue weighted by Crippen LogP contribution is -2.24. The van der Waals surface area contributed by atoms with Crippen molar-refractivity contribution in [2.75, 3.05) is 13.2 Å². The van der Waals surface area contributed by atoms with Crippen LogP contribution < -0.4 is 10.6 Å². The molecule has 0 spiro atoms. The first-order valence-corrected chi connectivity index (χ1v) is 17.4. The largest absolute Gasteiger partial charge is 0.511 e. The molecule has 0 aromatic rings. The monoisotopic (exact) mass is 635 g/mol. The van der Waals surface area contributed by atoms with E-state index < -0.39 is 0 Å². The summed E-state index contributed by atoms with van der Waals surface area (Å²) >= 11 is 0. The molecule has 2 unspecified atom stereocenters. The van der Waals surface area contributed by atoms with Gasteiger partial charge in [0.1, 0.15) is 5.76 Å². The fourth-order valence-corrected chi connectivity index (χ4v) is 7.62. The van der Waals surface area contributed by atoms with E-state index in [1.807, 2.05) is 6.92 Å². The zero-order valence-electron chi connectivity index (χ0n) is 28.8. The van der Waals surface area contributed by atoms with Gasteiger partial charge in [-0.2, -0.15) is 0 Å². The first kappa shape index (κ1) is 32.9. The van der Waals surface area contributed by atoms with E-state index in [2.05, 4.69) is 63.5 Å². The van der Waals surface area contributed by atoms with Crippen LogP contribution in [0.5, 0.6) is 0 Å². The Morgan fingerprint density at radius 2 is 1.66 bits per heavy atom. The van der Waals surface area contributed by atoms with E-state index in [0.29, 0.717) is 25.1 Å². The van der Waals surface area contributed by atoms with Crippen LogP contribution in [0, 0.1) is 11.8 Å². The van der Waals surface area contributed by atoms with Crippen LogP contribution in [0.25, 0.3) is 0 Å². The number of carbonyl (C=O) groups excluding carboxylic acids is 1. The Kier molecular flexibility index (Phi) is 9.51. The molecule has 5 heterocycles. The Morgan fingerprint density at radius 1 is 0.915 bits per heavy atom. The average Bonchev–Trinajstić information content (AvgIpc) is 3.79. The topological polar surface area (TPSA) is 119 Å². The van der Waals surface area contributed by atoms with E-state index in [1.165, 1.54) is 11.1 Å². The Balaban J connectivity index is 1.35. The van der Waals surface area contributed by atoms with Crippen molar-refractivity contribution >= 4 is 23.0 Å². The van der Waals surface area contributed by atoms with Crippen molar-refractivity contribution in [2.24, 2.45) is 26.8 Å². The number of aliphatic imine (C=N–C) groups is 3. The molecule has 1 saturated heterocycles. The molecule has 248 valence electrons. The molecule has 47 heavy (non-hydrogen) atoms. The van der Waals surface area contributed by atoms with Crippen LogP contribution in [-0.2, 0) is 4.79 Å². The molecule has 0 saturated carbocycles. The molecule has 4 N–H and O–H groups in total. The van der Waals surface area contributed by atoms with Gasteiger partial charge in [-0.3, -0.25) is 4.79 Å². The lowest BCUT2D eigenvalue weighted by Gasteiger charge is -2.18. The predicted octanol–water partition coefficient (Wildman–Crippen LogP) is 7.52. The maximum Gasteiger partial charge on any atom is 0.219 e. The number of fused-ring (bicyclic) bond motifs is 5. The summed E-state index contributed by atoms with van der Waals surface area (Å²) in [5, 5.41) is 27.1. The predicted molar refractivity (Wildman–Crippen MR) is 190 cm³/mol. The van der Waals surface area contributed by atoms with Crippen molar-refractivity contribution in [3.8, 4) is 0 Å². The van der Waals surface area contributed by atoms with Crippen molar-refractivity contribution in [1.29, 1.82) is 0 Å². The van der Waals surface area contributed by atoms with Gasteiger partial charge >= 0.3 is 0 Å². The molecule has 5 aliphatic heterocycles. The van der Waals surface area contributed by atoms with Gasteiger partial charge in [0, 0.05) is 60.4 Å². The van der Waals surface area contributed by atoms with Crippen LogP contribution >= 0.6 is 0 Å². The van der Waals surface area contributed by atoms with Crippen LogP contribution in [0.2, 0.25) is 0 Å². The van der Waals surface area contributed by atoms with Gasteiger partial charge in [0.25, 0.3) is 0 Å². The van der Waals surface area contributed by atoms with Crippen LogP contribution in [0.3, 0.4) is 0 Å². The molecule has 0 radical (unpaired) electrons. The number of carbonyl (C=O) groups is 1. The molecular weight excluding hydrogens is 586 g/mol. The summed E-state index contributed by atoms with van der Waals surface area (Å²) in [4.78, 5) is 28.1. The summed E-state index contributed by atoms with van der Waals surface area (Å²) in [7, 11) is 0. The number of aliphatic hydroxyl groups excluding tert-OH is 2. The number of unbranched alkanes of at least 4 members (excludes halogenated alkanes) is 3. The zero-order valence-corrected chi connectivity index (χ0v) is 28.8. The minimum absolute atomic E-state index is 0.0885. The van der Waals surface area contributed by atoms with Gasteiger partial charge in [-0.1, -0.05) is 26.7 Å². The quantitative estimate of drug-likeness (QED) is 0.176. The van der Waals surface area contributed by atoms with Gasteiger partial charge in [-0.15, -0.1) is 0 Å². The number of hydrogen-bond acceptors (Lipinski definition) is 7. The highest BCUT2D eigenvalue weighted by molar-refractivity contribution is 6.21. The molecule has 0 aromatic heterocycles. The molecule has 6 aliphatic rings. The van der Waals surface area contributed by atoms with Crippen molar-refractivity contribution in [1.82, 2.24) is 10.6 Å². The second-order valence-electron chi connectivity index (χ2n) is 13.6. The average molecular weight is 636 g/mol. The van der Waals surface area contributed by atoms with Crippen molar-refractivity contribution in [3.05, 3.63) is 91.5 Å². The summed E-state index contributed by atoms with van der Waals surface area (Å²) < 4.78 is 0. The lowest BCUT2D eigenvalue weighted by molar-refractivity contribution is -0.121. The van der Waals surface area contributed by atoms with Gasteiger partial charge in [0.05, 0.1) is 34.2 Å². The van der Waals surface area contributed by atoms with Crippen LogP contribution in [0.15, 0.2) is 106 Å². The van der Waals surface area contributed by atoms with Crippen LogP contribution in [0.1, 0.15) is 99.3 Å². The van der Waals surface area contributed by atoms with Crippen molar-refractivity contribution < 1.29 is 15.0 Å². The number of nitrogens with zero attached hydrogens (tertiary/aromatic N) is 3. The third-order valence-corrected chi connectivity index (χ3v) is 10.7. The first-order valence-electron chi connectivity index (χ1n) is 17.4. The SMILES string of the molecule is CCC1=C(C)C2=NC1=CC1=C(C)C3=C(O)CC(=C4NC(=CC5=NC(=C2)C(C)=C5C)C(C)C4CCCC(=O)NCCCCCCO)C3=N1. The van der Waals surface area contributed by atoms with E-state index in [4.69, 9.17) is 20.1 Å². The fraction of sp³-hybridized carbons (Fsp3) is 0.487. The first-order chi connectivity index (χ1) is 22.6. The molecule has 8 nitrogen and oxygen atoms in total. The summed E-state index contributed by atoms with van der Waals surface area (Å²) in [5.74, 6) is 0.776. The molecular formula is C39H49N5O3. The number of nitrogens with one attached hydrogen (secondary N) is 2. The normalized spacial score (nSPS) is 23.4. The van der Waals surface area contributed by atoms with Gasteiger partial charge in [-0.05, 0) is 106 Å². The van der Waals surface area contributed by atoms with Crippen LogP contribution in [0.4, 0.5) is 0 Å². The Morgan fingerprint density at radius 3 is 2.43 bits per heavy atom. The summed E-state index contributed by atoms with van der Waals surface area (Å²) in [6, 6.07) is 0.